The molecule has 5 heteroatoms. The minimum atomic E-state index is -0.660. The highest BCUT2D eigenvalue weighted by atomic mass is 16.7. The number of phenols is 1. The van der Waals surface area contributed by atoms with Crippen LogP contribution in [0, 0.1) is 11.3 Å². The molecule has 0 aliphatic heterocycles. The van der Waals surface area contributed by atoms with Gasteiger partial charge >= 0.3 is 5.97 Å². The molecule has 0 aliphatic carbocycles. The first-order valence-electron chi connectivity index (χ1n) is 7.52. The van der Waals surface area contributed by atoms with Gasteiger partial charge < -0.3 is 5.11 Å². The second-order valence-electron chi connectivity index (χ2n) is 6.89. The van der Waals surface area contributed by atoms with E-state index in [1.165, 1.54) is 18.2 Å². The van der Waals surface area contributed by atoms with Crippen molar-refractivity contribution in [3.8, 4) is 11.8 Å². The van der Waals surface area contributed by atoms with Crippen molar-refractivity contribution >= 4 is 12.0 Å². The fraction of sp³-hybridized carbons (Fsp3) is 0.444. The van der Waals surface area contributed by atoms with E-state index in [9.17, 15) is 15.2 Å². The van der Waals surface area contributed by atoms with Crippen molar-refractivity contribution in [2.75, 3.05) is 7.05 Å². The summed E-state index contributed by atoms with van der Waals surface area (Å²) in [6, 6.07) is 8.17. The predicted molar refractivity (Wildman–Crippen MR) is 88.9 cm³/mol. The molecule has 1 N–H and O–H groups in total. The monoisotopic (exact) mass is 317 g/mol. The Hall–Kier alpha value is -2.32. The Bertz CT molecular complexity index is 634. The lowest BCUT2D eigenvalue weighted by Gasteiger charge is -2.44. The van der Waals surface area contributed by atoms with Gasteiger partial charge in [0.1, 0.15) is 36.0 Å². The van der Waals surface area contributed by atoms with Crippen LogP contribution in [-0.2, 0) is 9.63 Å². The summed E-state index contributed by atoms with van der Waals surface area (Å²) in [7, 11) is 1.83. The fourth-order valence-corrected chi connectivity index (χ4v) is 2.11. The van der Waals surface area contributed by atoms with Gasteiger partial charge in [-0.05, 0) is 58.4 Å². The third-order valence-electron chi connectivity index (χ3n) is 4.13. The van der Waals surface area contributed by atoms with Crippen LogP contribution < -0.4 is 0 Å². The SMILES string of the molecule is CC(C)[N+](C)(OC(=O)C(C#N)=Cc1ccc(O)cc1)C(C)(C)C. The van der Waals surface area contributed by atoms with Gasteiger partial charge in [-0.3, -0.25) is 4.84 Å². The van der Waals surface area contributed by atoms with Gasteiger partial charge in [-0.15, -0.1) is 4.65 Å². The zero-order valence-corrected chi connectivity index (χ0v) is 14.6. The van der Waals surface area contributed by atoms with Crippen LogP contribution in [0.15, 0.2) is 29.8 Å². The van der Waals surface area contributed by atoms with Crippen LogP contribution in [0.4, 0.5) is 0 Å². The third kappa shape index (κ3) is 4.33. The molecule has 0 heterocycles. The molecule has 1 aromatic carbocycles. The topological polar surface area (TPSA) is 70.3 Å². The normalized spacial score (nSPS) is 15.0. The first-order valence-corrected chi connectivity index (χ1v) is 7.52. The maximum absolute atomic E-state index is 12.4. The number of carbonyl (C=O) groups is 1. The summed E-state index contributed by atoms with van der Waals surface area (Å²) in [5, 5.41) is 18.6. The third-order valence-corrected chi connectivity index (χ3v) is 4.13. The fourth-order valence-electron chi connectivity index (χ4n) is 2.11. The van der Waals surface area contributed by atoms with E-state index < -0.39 is 5.97 Å². The van der Waals surface area contributed by atoms with E-state index in [1.54, 1.807) is 12.1 Å². The van der Waals surface area contributed by atoms with Crippen LogP contribution in [0.1, 0.15) is 40.2 Å². The van der Waals surface area contributed by atoms with Crippen molar-refractivity contribution in [1.29, 1.82) is 5.26 Å². The lowest BCUT2D eigenvalue weighted by atomic mass is 10.0. The summed E-state index contributed by atoms with van der Waals surface area (Å²) in [5.41, 5.74) is 0.235. The quantitative estimate of drug-likeness (QED) is 0.400. The second kappa shape index (κ2) is 6.84. The van der Waals surface area contributed by atoms with Crippen molar-refractivity contribution in [2.24, 2.45) is 0 Å². The molecule has 0 fully saturated rings. The van der Waals surface area contributed by atoms with Crippen LogP contribution >= 0.6 is 0 Å². The molecular formula is C18H25N2O3+. The molecule has 0 aromatic heterocycles. The molecule has 0 saturated heterocycles. The molecule has 0 radical (unpaired) electrons. The van der Waals surface area contributed by atoms with E-state index in [1.807, 2.05) is 47.7 Å². The van der Waals surface area contributed by atoms with Crippen LogP contribution in [0.3, 0.4) is 0 Å². The average Bonchev–Trinajstić information content (AvgIpc) is 2.44. The lowest BCUT2D eigenvalue weighted by Crippen LogP contribution is -2.61. The maximum Gasteiger partial charge on any atom is 0.407 e. The smallest absolute Gasteiger partial charge is 0.407 e. The molecule has 5 nitrogen and oxygen atoms in total. The van der Waals surface area contributed by atoms with E-state index in [0.717, 1.165) is 0 Å². The lowest BCUT2D eigenvalue weighted by molar-refractivity contribution is -1.12. The van der Waals surface area contributed by atoms with Crippen LogP contribution in [-0.4, -0.2) is 34.4 Å². The molecule has 124 valence electrons. The molecular weight excluding hydrogens is 292 g/mol. The van der Waals surface area contributed by atoms with Crippen molar-refractivity contribution < 1.29 is 19.4 Å². The number of hydrogen-bond donors (Lipinski definition) is 1. The summed E-state index contributed by atoms with van der Waals surface area (Å²) in [6.07, 6.45) is 1.45. The Morgan fingerprint density at radius 2 is 1.83 bits per heavy atom. The van der Waals surface area contributed by atoms with Crippen molar-refractivity contribution in [3.05, 3.63) is 35.4 Å². The predicted octanol–water partition coefficient (Wildman–Crippen LogP) is 3.41. The van der Waals surface area contributed by atoms with Gasteiger partial charge in [-0.2, -0.15) is 5.26 Å². The molecule has 0 aliphatic rings. The molecule has 1 rings (SSSR count). The van der Waals surface area contributed by atoms with Crippen LogP contribution in [0.25, 0.3) is 6.08 Å². The molecule has 0 saturated carbocycles. The second-order valence-corrected chi connectivity index (χ2v) is 6.89. The number of hydrogen-bond acceptors (Lipinski definition) is 4. The van der Waals surface area contributed by atoms with Crippen molar-refractivity contribution in [3.63, 3.8) is 0 Å². The Morgan fingerprint density at radius 3 is 2.22 bits per heavy atom. The number of aromatic hydroxyl groups is 1. The van der Waals surface area contributed by atoms with Crippen molar-refractivity contribution in [1.82, 2.24) is 0 Å². The Balaban J connectivity index is 3.10. The van der Waals surface area contributed by atoms with Crippen molar-refractivity contribution in [2.45, 2.75) is 46.2 Å². The number of rotatable bonds is 4. The summed E-state index contributed by atoms with van der Waals surface area (Å²) in [5.74, 6) is -0.535. The highest BCUT2D eigenvalue weighted by Gasteiger charge is 2.44. The van der Waals surface area contributed by atoms with E-state index in [0.29, 0.717) is 5.56 Å². The van der Waals surface area contributed by atoms with Crippen LogP contribution in [0.5, 0.6) is 5.75 Å². The van der Waals surface area contributed by atoms with E-state index in [4.69, 9.17) is 4.84 Å². The van der Waals surface area contributed by atoms with Gasteiger partial charge in [0.25, 0.3) is 0 Å². The molecule has 1 atom stereocenters. The standard InChI is InChI=1S/C18H24N2O3/c1-13(2)20(6,18(3,4)5)23-17(22)15(12-19)11-14-7-9-16(21)10-8-14/h7-11,13H,1-6H3/p+1. The van der Waals surface area contributed by atoms with Gasteiger partial charge in [-0.25, -0.2) is 4.79 Å². The number of phenolic OH excluding ortho intramolecular Hbond substituents is 1. The minimum Gasteiger partial charge on any atom is -0.508 e. The molecule has 1 unspecified atom stereocenters. The van der Waals surface area contributed by atoms with E-state index in [2.05, 4.69) is 0 Å². The summed E-state index contributed by atoms with van der Waals surface area (Å²) in [4.78, 5) is 18.1. The van der Waals surface area contributed by atoms with Gasteiger partial charge in [-0.1, -0.05) is 12.1 Å². The summed E-state index contributed by atoms with van der Waals surface area (Å²) in [6.45, 7) is 9.88. The minimum absolute atomic E-state index is 0.0348. The summed E-state index contributed by atoms with van der Waals surface area (Å²) >= 11 is 0. The molecule has 1 aromatic rings. The Morgan fingerprint density at radius 1 is 1.30 bits per heavy atom. The largest absolute Gasteiger partial charge is 0.508 e. The highest BCUT2D eigenvalue weighted by Crippen LogP contribution is 2.28. The van der Waals surface area contributed by atoms with Gasteiger partial charge in [0.05, 0.1) is 0 Å². The average molecular weight is 317 g/mol. The van der Waals surface area contributed by atoms with Gasteiger partial charge in [0.2, 0.25) is 0 Å². The summed E-state index contributed by atoms with van der Waals surface area (Å²) < 4.78 is 0.0560. The number of carbonyl (C=O) groups excluding carboxylic acids is 1. The first-order chi connectivity index (χ1) is 10.5. The number of hydroxylamine groups is 3. The zero-order valence-electron chi connectivity index (χ0n) is 14.6. The molecule has 0 bridgehead atoms. The zero-order chi connectivity index (χ0) is 17.8. The van der Waals surface area contributed by atoms with E-state index >= 15 is 0 Å². The number of nitrogens with zero attached hydrogens (tertiary/aromatic N) is 2. The molecule has 0 amide bonds. The number of nitriles is 1. The maximum atomic E-state index is 12.4. The number of quaternary nitrogens is 1. The molecule has 23 heavy (non-hydrogen) atoms. The highest BCUT2D eigenvalue weighted by molar-refractivity contribution is 5.97. The Labute approximate surface area is 138 Å². The van der Waals surface area contributed by atoms with Gasteiger partial charge in [0.15, 0.2) is 0 Å². The Kier molecular flexibility index (Phi) is 5.57. The van der Waals surface area contributed by atoms with Gasteiger partial charge in [0, 0.05) is 0 Å². The van der Waals surface area contributed by atoms with Crippen LogP contribution in [0.2, 0.25) is 0 Å². The first kappa shape index (κ1) is 18.7. The molecule has 0 spiro atoms. The van der Waals surface area contributed by atoms with E-state index in [-0.39, 0.29) is 27.5 Å². The number of benzene rings is 1.